The van der Waals surface area contributed by atoms with Crippen LogP contribution in [0.4, 0.5) is 10.2 Å². The molecule has 0 amide bonds. The van der Waals surface area contributed by atoms with Crippen LogP contribution in [0.5, 0.6) is 5.75 Å². The fraction of sp³-hybridized carbons (Fsp3) is 0.455. The Hall–Kier alpha value is -3.14. The van der Waals surface area contributed by atoms with Crippen molar-refractivity contribution in [3.63, 3.8) is 0 Å². The first kappa shape index (κ1) is 27.4. The number of hydrogen-bond donors (Lipinski definition) is 3. The Morgan fingerprint density at radius 1 is 1.44 bits per heavy atom. The molecule has 196 valence electrons. The number of carbonyl (C=O) groups is 1. The third-order valence-electron chi connectivity index (χ3n) is 5.24. The molecule has 3 atom stereocenters. The van der Waals surface area contributed by atoms with E-state index in [-0.39, 0.29) is 30.7 Å². The van der Waals surface area contributed by atoms with Gasteiger partial charge in [-0.2, -0.15) is 0 Å². The number of benzene rings is 1. The van der Waals surface area contributed by atoms with Gasteiger partial charge in [0, 0.05) is 0 Å². The number of ether oxygens (including phenoxy) is 2. The Kier molecular flexibility index (Phi) is 8.60. The van der Waals surface area contributed by atoms with E-state index in [1.807, 2.05) is 0 Å². The number of nitrogen functional groups attached to an aromatic ring is 1. The summed E-state index contributed by atoms with van der Waals surface area (Å²) in [5.74, 6) is -1.02. The molecule has 36 heavy (non-hydrogen) atoms. The van der Waals surface area contributed by atoms with E-state index in [1.54, 1.807) is 20.8 Å². The average Bonchev–Trinajstić information content (AvgIpc) is 3.15. The molecule has 0 spiro atoms. The molecule has 1 aromatic heterocycles. The number of rotatable bonds is 10. The molecule has 3 rings (SSSR count). The summed E-state index contributed by atoms with van der Waals surface area (Å²) < 4.78 is 36.7. The fourth-order valence-corrected chi connectivity index (χ4v) is 5.07. The summed E-state index contributed by atoms with van der Waals surface area (Å²) in [6, 6.07) is 8.44. The number of esters is 1. The number of hydrogen-bond acceptors (Lipinski definition) is 11. The van der Waals surface area contributed by atoms with Gasteiger partial charge in [0.25, 0.3) is 0 Å². The molecular weight excluding hydrogens is 496 g/mol. The Morgan fingerprint density at radius 2 is 2.14 bits per heavy atom. The zero-order valence-electron chi connectivity index (χ0n) is 20.0. The van der Waals surface area contributed by atoms with Gasteiger partial charge in [-0.1, -0.05) is 0 Å². The predicted molar refractivity (Wildman–Crippen MR) is 128 cm³/mol. The average molecular weight is 525 g/mol. The molecule has 0 saturated carbocycles. The van der Waals surface area contributed by atoms with Gasteiger partial charge in [-0.05, 0) is 0 Å². The van der Waals surface area contributed by atoms with Crippen molar-refractivity contribution in [2.24, 2.45) is 5.41 Å². The van der Waals surface area contributed by atoms with E-state index < -0.39 is 49.9 Å². The number of anilines is 1. The van der Waals surface area contributed by atoms with Crippen LogP contribution in [0.15, 0.2) is 41.3 Å². The summed E-state index contributed by atoms with van der Waals surface area (Å²) in [6.07, 6.45) is -0.547. The summed E-state index contributed by atoms with van der Waals surface area (Å²) in [5.41, 5.74) is 3.74. The second kappa shape index (κ2) is 11.3. The molecule has 0 radical (unpaired) electrons. The van der Waals surface area contributed by atoms with Gasteiger partial charge in [0.2, 0.25) is 0 Å². The van der Waals surface area contributed by atoms with E-state index in [2.05, 4.69) is 16.1 Å². The van der Waals surface area contributed by atoms with Crippen LogP contribution >= 0.6 is 8.09 Å². The van der Waals surface area contributed by atoms with Gasteiger partial charge in [-0.3, -0.25) is 0 Å². The van der Waals surface area contributed by atoms with E-state index in [0.29, 0.717) is 0 Å². The Bertz CT molecular complexity index is 1170. The van der Waals surface area contributed by atoms with Crippen LogP contribution in [-0.2, 0) is 18.8 Å². The standard InChI is InChI=1S/C22H29FN5O7P/c1-14(2)33-19(29)11-26-36(31,35-16-6-4-15(23)5-7-16)32-12-17-10-22(3,13-24)20(34-17)28-9-8-18(25)27-21(28)30/h4-9,14,17,20,26,31,36H,10-12H2,1-3H3,(H2,25,27,30). The molecule has 0 aliphatic carbocycles. The van der Waals surface area contributed by atoms with Crippen LogP contribution in [0.1, 0.15) is 33.4 Å². The predicted octanol–water partition coefficient (Wildman–Crippen LogP) is 1.82. The van der Waals surface area contributed by atoms with Crippen LogP contribution in [0.25, 0.3) is 0 Å². The van der Waals surface area contributed by atoms with E-state index in [1.165, 1.54) is 29.0 Å². The maximum absolute atomic E-state index is 13.3. The van der Waals surface area contributed by atoms with Crippen molar-refractivity contribution in [2.75, 3.05) is 18.9 Å². The quantitative estimate of drug-likeness (QED) is 0.305. The Morgan fingerprint density at radius 3 is 2.75 bits per heavy atom. The number of aromatic nitrogens is 2. The topological polar surface area (TPSA) is 171 Å². The first-order valence-corrected chi connectivity index (χ1v) is 12.9. The third-order valence-corrected chi connectivity index (χ3v) is 6.93. The molecule has 3 unspecified atom stereocenters. The molecule has 14 heteroatoms. The minimum atomic E-state index is -4.30. The van der Waals surface area contributed by atoms with E-state index >= 15 is 0 Å². The van der Waals surface area contributed by atoms with Crippen LogP contribution < -0.4 is 21.0 Å². The number of carbonyl (C=O) groups excluding carboxylic acids is 1. The van der Waals surface area contributed by atoms with Crippen LogP contribution in [0, 0.1) is 22.6 Å². The minimum absolute atomic E-state index is 0.0314. The SMILES string of the molecule is CC(C)OC(=O)CN[PH](O)(OCC1CC(C)(C#N)C(n2ccc(N)nc2=O)O1)Oc1ccc(F)cc1. The summed E-state index contributed by atoms with van der Waals surface area (Å²) >= 11 is 0. The number of nitrogens with zero attached hydrogens (tertiary/aromatic N) is 3. The number of halogens is 1. The normalized spacial score (nSPS) is 22.2. The van der Waals surface area contributed by atoms with Crippen molar-refractivity contribution in [1.82, 2.24) is 14.6 Å². The molecule has 0 bridgehead atoms. The van der Waals surface area contributed by atoms with Crippen molar-refractivity contribution in [3.8, 4) is 11.8 Å². The van der Waals surface area contributed by atoms with Gasteiger partial charge in [-0.25, -0.2) is 0 Å². The first-order valence-electron chi connectivity index (χ1n) is 11.1. The van der Waals surface area contributed by atoms with Crippen LogP contribution in [0.2, 0.25) is 0 Å². The Balaban J connectivity index is 1.75. The molecule has 2 aromatic rings. The second-order valence-corrected chi connectivity index (χ2v) is 10.7. The molecule has 1 aliphatic heterocycles. The summed E-state index contributed by atoms with van der Waals surface area (Å²) in [4.78, 5) is 39.1. The van der Waals surface area contributed by atoms with Crippen molar-refractivity contribution >= 4 is 19.9 Å². The van der Waals surface area contributed by atoms with Gasteiger partial charge < -0.3 is 0 Å². The molecule has 1 fully saturated rings. The third kappa shape index (κ3) is 6.96. The van der Waals surface area contributed by atoms with Gasteiger partial charge in [0.05, 0.1) is 0 Å². The molecule has 4 N–H and O–H groups in total. The van der Waals surface area contributed by atoms with Gasteiger partial charge in [0.15, 0.2) is 0 Å². The number of nitriles is 1. The van der Waals surface area contributed by atoms with Crippen LogP contribution in [0.3, 0.4) is 0 Å². The van der Waals surface area contributed by atoms with Gasteiger partial charge >= 0.3 is 207 Å². The van der Waals surface area contributed by atoms with Gasteiger partial charge in [0.1, 0.15) is 0 Å². The molecule has 1 saturated heterocycles. The molecule has 12 nitrogen and oxygen atoms in total. The molecule has 1 aromatic carbocycles. The monoisotopic (exact) mass is 525 g/mol. The van der Waals surface area contributed by atoms with Gasteiger partial charge in [-0.15, -0.1) is 0 Å². The summed E-state index contributed by atoms with van der Waals surface area (Å²) in [5, 5.41) is 12.4. The zero-order valence-corrected chi connectivity index (χ0v) is 21.0. The van der Waals surface area contributed by atoms with Crippen molar-refractivity contribution in [2.45, 2.75) is 45.6 Å². The number of nitrogens with one attached hydrogen (secondary N) is 1. The van der Waals surface area contributed by atoms with E-state index in [9.17, 15) is 24.1 Å². The van der Waals surface area contributed by atoms with E-state index in [4.69, 9.17) is 24.3 Å². The van der Waals surface area contributed by atoms with Crippen LogP contribution in [-0.4, -0.2) is 45.8 Å². The second-order valence-electron chi connectivity index (χ2n) is 8.73. The van der Waals surface area contributed by atoms with E-state index in [0.717, 1.165) is 12.1 Å². The summed E-state index contributed by atoms with van der Waals surface area (Å²) in [7, 11) is -4.30. The summed E-state index contributed by atoms with van der Waals surface area (Å²) in [6.45, 7) is 4.31. The molecule has 2 heterocycles. The number of nitrogens with two attached hydrogens (primary N) is 1. The Labute approximate surface area is 207 Å². The molecular formula is C22H29FN5O7P. The zero-order chi connectivity index (χ0) is 26.5. The van der Waals surface area contributed by atoms with Crippen molar-refractivity contribution in [3.05, 3.63) is 52.8 Å². The van der Waals surface area contributed by atoms with Crippen molar-refractivity contribution in [1.29, 1.82) is 5.26 Å². The first-order chi connectivity index (χ1) is 16.9. The fourth-order valence-electron chi connectivity index (χ4n) is 3.60. The maximum atomic E-state index is 13.3. The van der Waals surface area contributed by atoms with Crippen molar-refractivity contribution < 1.29 is 32.6 Å². The molecule has 1 aliphatic rings.